The molecule has 0 bridgehead atoms. The van der Waals surface area contributed by atoms with E-state index in [0.717, 1.165) is 0 Å². The summed E-state index contributed by atoms with van der Waals surface area (Å²) in [5.74, 6) is -2.28. The third-order valence-electron chi connectivity index (χ3n) is 3.40. The summed E-state index contributed by atoms with van der Waals surface area (Å²) >= 11 is 0. The Bertz CT molecular complexity index is 536. The minimum atomic E-state index is -1.11. The number of hydrogen-bond acceptors (Lipinski definition) is 9. The van der Waals surface area contributed by atoms with E-state index in [4.69, 9.17) is 23.7 Å². The van der Waals surface area contributed by atoms with Gasteiger partial charge in [-0.2, -0.15) is 0 Å². The van der Waals surface area contributed by atoms with Crippen LogP contribution >= 0.6 is 0 Å². The van der Waals surface area contributed by atoms with Crippen LogP contribution in [-0.2, 0) is 42.9 Å². The molecule has 0 spiro atoms. The average Bonchev–Trinajstić information content (AvgIpc) is 2.50. The van der Waals surface area contributed by atoms with Gasteiger partial charge in [-0.1, -0.05) is 0 Å². The number of amides is 1. The Kier molecular flexibility index (Phi) is 8.46. The highest BCUT2D eigenvalue weighted by molar-refractivity contribution is 5.73. The second kappa shape index (κ2) is 10.1. The molecule has 1 rings (SSSR count). The molecule has 1 aliphatic heterocycles. The Morgan fingerprint density at radius 3 is 1.96 bits per heavy atom. The van der Waals surface area contributed by atoms with Crippen molar-refractivity contribution < 1.29 is 42.9 Å². The number of carbonyl (C=O) groups is 4. The zero-order valence-electron chi connectivity index (χ0n) is 15.5. The van der Waals surface area contributed by atoms with Gasteiger partial charge in [0, 0.05) is 34.3 Å². The van der Waals surface area contributed by atoms with Crippen molar-refractivity contribution in [3.63, 3.8) is 0 Å². The highest BCUT2D eigenvalue weighted by Crippen LogP contribution is 2.27. The standard InChI is InChI=1S/C16H25NO9/c1-6-22-16-13(17-8(2)18)15(25-11(5)21)14(24-10(4)20)12(26-16)7-23-9(3)19/h12-16H,6-7H2,1-5H3,(H,17,18)/t12?,13-,14?,15?,16-/m1/s1. The molecule has 1 saturated heterocycles. The second-order valence-corrected chi connectivity index (χ2v) is 5.68. The number of hydrogen-bond donors (Lipinski definition) is 1. The van der Waals surface area contributed by atoms with Gasteiger partial charge < -0.3 is 29.0 Å². The third-order valence-corrected chi connectivity index (χ3v) is 3.40. The second-order valence-electron chi connectivity index (χ2n) is 5.68. The van der Waals surface area contributed by atoms with Crippen molar-refractivity contribution in [2.75, 3.05) is 13.2 Å². The normalized spacial score (nSPS) is 28.0. The summed E-state index contributed by atoms with van der Waals surface area (Å²) in [4.78, 5) is 45.8. The van der Waals surface area contributed by atoms with Crippen molar-refractivity contribution in [1.29, 1.82) is 0 Å². The van der Waals surface area contributed by atoms with Crippen LogP contribution in [0.5, 0.6) is 0 Å². The molecule has 10 heteroatoms. The van der Waals surface area contributed by atoms with Gasteiger partial charge in [-0.05, 0) is 6.92 Å². The molecule has 26 heavy (non-hydrogen) atoms. The molecule has 10 nitrogen and oxygen atoms in total. The maximum atomic E-state index is 11.6. The Balaban J connectivity index is 3.22. The molecule has 1 amide bonds. The zero-order chi connectivity index (χ0) is 19.9. The van der Waals surface area contributed by atoms with Gasteiger partial charge in [0.25, 0.3) is 0 Å². The number of esters is 3. The van der Waals surface area contributed by atoms with E-state index in [1.54, 1.807) is 6.92 Å². The van der Waals surface area contributed by atoms with Crippen LogP contribution in [0.25, 0.3) is 0 Å². The molecule has 0 aliphatic carbocycles. The number of ether oxygens (including phenoxy) is 5. The van der Waals surface area contributed by atoms with E-state index in [1.165, 1.54) is 27.7 Å². The van der Waals surface area contributed by atoms with Gasteiger partial charge in [0.1, 0.15) is 18.8 Å². The quantitative estimate of drug-likeness (QED) is 0.470. The molecule has 0 aromatic rings. The zero-order valence-corrected chi connectivity index (χ0v) is 15.5. The summed E-state index contributed by atoms with van der Waals surface area (Å²) in [5.41, 5.74) is 0. The molecule has 5 atom stereocenters. The van der Waals surface area contributed by atoms with Crippen LogP contribution in [0.15, 0.2) is 0 Å². The molecule has 1 aliphatic rings. The first-order valence-corrected chi connectivity index (χ1v) is 8.17. The smallest absolute Gasteiger partial charge is 0.303 e. The molecule has 1 N–H and O–H groups in total. The molecule has 0 aromatic carbocycles. The Labute approximate surface area is 151 Å². The summed E-state index contributed by atoms with van der Waals surface area (Å²) in [6.07, 6.45) is -4.15. The Hall–Kier alpha value is -2.20. The first-order valence-electron chi connectivity index (χ1n) is 8.17. The van der Waals surface area contributed by atoms with E-state index < -0.39 is 54.5 Å². The van der Waals surface area contributed by atoms with Crippen molar-refractivity contribution in [1.82, 2.24) is 5.32 Å². The van der Waals surface area contributed by atoms with Crippen LogP contribution in [-0.4, -0.2) is 67.7 Å². The van der Waals surface area contributed by atoms with Crippen LogP contribution in [0.3, 0.4) is 0 Å². The summed E-state index contributed by atoms with van der Waals surface area (Å²) in [6, 6.07) is -0.922. The van der Waals surface area contributed by atoms with Gasteiger partial charge in [-0.25, -0.2) is 0 Å². The molecule has 0 radical (unpaired) electrons. The lowest BCUT2D eigenvalue weighted by molar-refractivity contribution is -0.276. The largest absolute Gasteiger partial charge is 0.463 e. The summed E-state index contributed by atoms with van der Waals surface area (Å²) < 4.78 is 26.7. The van der Waals surface area contributed by atoms with E-state index in [0.29, 0.717) is 0 Å². The minimum absolute atomic E-state index is 0.242. The van der Waals surface area contributed by atoms with Gasteiger partial charge in [-0.15, -0.1) is 0 Å². The lowest BCUT2D eigenvalue weighted by Gasteiger charge is -2.44. The van der Waals surface area contributed by atoms with E-state index in [2.05, 4.69) is 5.32 Å². The van der Waals surface area contributed by atoms with Crippen molar-refractivity contribution in [2.45, 2.75) is 65.3 Å². The lowest BCUT2D eigenvalue weighted by Crippen LogP contribution is -2.66. The Morgan fingerprint density at radius 2 is 1.50 bits per heavy atom. The molecule has 3 unspecified atom stereocenters. The molecule has 1 heterocycles. The van der Waals surface area contributed by atoms with Crippen molar-refractivity contribution in [3.05, 3.63) is 0 Å². The Morgan fingerprint density at radius 1 is 0.923 bits per heavy atom. The van der Waals surface area contributed by atoms with Crippen LogP contribution in [0.2, 0.25) is 0 Å². The summed E-state index contributed by atoms with van der Waals surface area (Å²) in [6.45, 7) is 6.56. The highest BCUT2D eigenvalue weighted by Gasteiger charge is 2.51. The number of rotatable bonds is 7. The van der Waals surface area contributed by atoms with E-state index >= 15 is 0 Å². The lowest BCUT2D eigenvalue weighted by atomic mass is 9.96. The maximum absolute atomic E-state index is 11.6. The molecule has 0 aromatic heterocycles. The molecule has 1 fully saturated rings. The van der Waals surface area contributed by atoms with Crippen molar-refractivity contribution >= 4 is 23.8 Å². The van der Waals surface area contributed by atoms with Crippen LogP contribution in [0.1, 0.15) is 34.6 Å². The van der Waals surface area contributed by atoms with Crippen LogP contribution < -0.4 is 5.32 Å². The summed E-state index contributed by atoms with van der Waals surface area (Å²) in [7, 11) is 0. The minimum Gasteiger partial charge on any atom is -0.463 e. The fourth-order valence-corrected chi connectivity index (χ4v) is 2.60. The summed E-state index contributed by atoms with van der Waals surface area (Å²) in [5, 5.41) is 2.60. The van der Waals surface area contributed by atoms with Gasteiger partial charge >= 0.3 is 17.9 Å². The molecule has 148 valence electrons. The monoisotopic (exact) mass is 375 g/mol. The average molecular weight is 375 g/mol. The van der Waals surface area contributed by atoms with Gasteiger partial charge in [0.2, 0.25) is 5.91 Å². The molecular weight excluding hydrogens is 350 g/mol. The fourth-order valence-electron chi connectivity index (χ4n) is 2.60. The van der Waals surface area contributed by atoms with Crippen molar-refractivity contribution in [3.8, 4) is 0 Å². The SMILES string of the molecule is CCO[C@@H]1OC(COC(C)=O)C(OC(C)=O)C(OC(C)=O)[C@H]1NC(C)=O. The van der Waals surface area contributed by atoms with Gasteiger partial charge in [0.05, 0.1) is 0 Å². The van der Waals surface area contributed by atoms with E-state index in [1.807, 2.05) is 0 Å². The van der Waals surface area contributed by atoms with Gasteiger partial charge in [0.15, 0.2) is 18.5 Å². The third kappa shape index (κ3) is 6.60. The van der Waals surface area contributed by atoms with Crippen LogP contribution in [0.4, 0.5) is 0 Å². The predicted octanol–water partition coefficient (Wildman–Crippen LogP) is -0.321. The molecular formula is C16H25NO9. The van der Waals surface area contributed by atoms with Gasteiger partial charge in [-0.3, -0.25) is 19.2 Å². The first-order chi connectivity index (χ1) is 12.1. The van der Waals surface area contributed by atoms with E-state index in [-0.39, 0.29) is 13.2 Å². The topological polar surface area (TPSA) is 126 Å². The maximum Gasteiger partial charge on any atom is 0.303 e. The highest BCUT2D eigenvalue weighted by atomic mass is 16.7. The fraction of sp³-hybridized carbons (Fsp3) is 0.750. The predicted molar refractivity (Wildman–Crippen MR) is 85.6 cm³/mol. The number of carbonyl (C=O) groups excluding carboxylic acids is 4. The molecule has 0 saturated carbocycles. The van der Waals surface area contributed by atoms with E-state index in [9.17, 15) is 19.2 Å². The first kappa shape index (κ1) is 21.8. The van der Waals surface area contributed by atoms with Crippen molar-refractivity contribution in [2.24, 2.45) is 0 Å². The van der Waals surface area contributed by atoms with Crippen LogP contribution in [0, 0.1) is 0 Å². The number of nitrogens with one attached hydrogen (secondary N) is 1.